The smallest absolute Gasteiger partial charge is 0.297 e. The van der Waals surface area contributed by atoms with Gasteiger partial charge in [-0.3, -0.25) is 9.36 Å². The highest BCUT2D eigenvalue weighted by Gasteiger charge is 2.11. The van der Waals surface area contributed by atoms with E-state index in [1.807, 2.05) is 12.1 Å². The van der Waals surface area contributed by atoms with Gasteiger partial charge in [0.2, 0.25) is 5.75 Å². The van der Waals surface area contributed by atoms with Gasteiger partial charge in [-0.05, 0) is 17.7 Å². The minimum Gasteiger partial charge on any atom is -0.489 e. The molecule has 0 N–H and O–H groups in total. The van der Waals surface area contributed by atoms with Crippen LogP contribution in [0.4, 0.5) is 0 Å². The standard InChI is InChI=1S/C12H9BrCl2N2O2/c1-19-10-11(15)16-6-17(12(10)18)5-7-2-3-8(13)4-9(7)14/h2-4,6H,5H2,1H3. The molecule has 0 atom stereocenters. The number of hydrogen-bond donors (Lipinski definition) is 0. The molecule has 0 unspecified atom stereocenters. The van der Waals surface area contributed by atoms with E-state index in [4.69, 9.17) is 27.9 Å². The van der Waals surface area contributed by atoms with Gasteiger partial charge in [-0.2, -0.15) is 0 Å². The van der Waals surface area contributed by atoms with E-state index in [0.717, 1.165) is 10.0 Å². The normalized spacial score (nSPS) is 10.5. The number of hydrogen-bond acceptors (Lipinski definition) is 3. The van der Waals surface area contributed by atoms with Crippen LogP contribution >= 0.6 is 39.1 Å². The number of nitrogens with zero attached hydrogens (tertiary/aromatic N) is 2. The summed E-state index contributed by atoms with van der Waals surface area (Å²) in [6.07, 6.45) is 1.37. The third kappa shape index (κ3) is 3.11. The van der Waals surface area contributed by atoms with E-state index in [0.29, 0.717) is 11.6 Å². The van der Waals surface area contributed by atoms with Crippen LogP contribution in [0.2, 0.25) is 10.2 Å². The molecule has 0 saturated carbocycles. The topological polar surface area (TPSA) is 44.1 Å². The van der Waals surface area contributed by atoms with E-state index in [2.05, 4.69) is 20.9 Å². The second-order valence-electron chi connectivity index (χ2n) is 3.74. The Labute approximate surface area is 128 Å². The van der Waals surface area contributed by atoms with E-state index in [-0.39, 0.29) is 16.5 Å². The summed E-state index contributed by atoms with van der Waals surface area (Å²) in [5.41, 5.74) is 0.458. The zero-order valence-corrected chi connectivity index (χ0v) is 13.0. The first-order valence-electron chi connectivity index (χ1n) is 5.25. The number of ether oxygens (including phenoxy) is 1. The first-order chi connectivity index (χ1) is 9.02. The van der Waals surface area contributed by atoms with E-state index in [1.165, 1.54) is 18.0 Å². The second-order valence-corrected chi connectivity index (χ2v) is 5.42. The Balaban J connectivity index is 2.42. The molecule has 0 saturated heterocycles. The van der Waals surface area contributed by atoms with Gasteiger partial charge in [0.1, 0.15) is 0 Å². The van der Waals surface area contributed by atoms with Gasteiger partial charge in [-0.15, -0.1) is 0 Å². The lowest BCUT2D eigenvalue weighted by atomic mass is 10.2. The van der Waals surface area contributed by atoms with Crippen molar-refractivity contribution in [2.75, 3.05) is 7.11 Å². The number of methoxy groups -OCH3 is 1. The van der Waals surface area contributed by atoms with Crippen molar-refractivity contribution in [2.45, 2.75) is 6.54 Å². The summed E-state index contributed by atoms with van der Waals surface area (Å²) in [6, 6.07) is 5.45. The molecule has 0 amide bonds. The fourth-order valence-corrected chi connectivity index (χ4v) is 2.50. The van der Waals surface area contributed by atoms with E-state index >= 15 is 0 Å². The molecule has 19 heavy (non-hydrogen) atoms. The number of halogens is 3. The lowest BCUT2D eigenvalue weighted by Gasteiger charge is -2.09. The van der Waals surface area contributed by atoms with Crippen LogP contribution in [-0.4, -0.2) is 16.7 Å². The third-order valence-corrected chi connectivity index (χ3v) is 3.63. The number of benzene rings is 1. The van der Waals surface area contributed by atoms with Gasteiger partial charge in [0.15, 0.2) is 5.15 Å². The zero-order valence-electron chi connectivity index (χ0n) is 9.86. The van der Waals surface area contributed by atoms with Crippen molar-refractivity contribution in [2.24, 2.45) is 0 Å². The molecule has 1 aromatic carbocycles. The Kier molecular flexibility index (Phi) is 4.50. The monoisotopic (exact) mass is 362 g/mol. The molecule has 0 fully saturated rings. The van der Waals surface area contributed by atoms with Gasteiger partial charge < -0.3 is 4.74 Å². The molecule has 0 aliphatic carbocycles. The summed E-state index contributed by atoms with van der Waals surface area (Å²) in [6.45, 7) is 0.297. The Morgan fingerprint density at radius 3 is 2.79 bits per heavy atom. The van der Waals surface area contributed by atoms with Crippen LogP contribution in [0.5, 0.6) is 5.75 Å². The summed E-state index contributed by atoms with van der Waals surface area (Å²) >= 11 is 15.2. The Morgan fingerprint density at radius 1 is 1.42 bits per heavy atom. The first-order valence-corrected chi connectivity index (χ1v) is 6.80. The van der Waals surface area contributed by atoms with Crippen LogP contribution in [-0.2, 0) is 6.54 Å². The molecule has 1 heterocycles. The van der Waals surface area contributed by atoms with Gasteiger partial charge in [0.05, 0.1) is 20.0 Å². The van der Waals surface area contributed by atoms with Crippen LogP contribution in [0.1, 0.15) is 5.56 Å². The van der Waals surface area contributed by atoms with Gasteiger partial charge in [-0.25, -0.2) is 4.98 Å². The van der Waals surface area contributed by atoms with Crippen molar-refractivity contribution in [3.8, 4) is 5.75 Å². The predicted octanol–water partition coefficient (Wildman–Crippen LogP) is 3.37. The largest absolute Gasteiger partial charge is 0.489 e. The molecule has 4 nitrogen and oxygen atoms in total. The highest BCUT2D eigenvalue weighted by atomic mass is 79.9. The zero-order chi connectivity index (χ0) is 14.0. The highest BCUT2D eigenvalue weighted by molar-refractivity contribution is 9.10. The van der Waals surface area contributed by atoms with E-state index in [9.17, 15) is 4.79 Å². The molecule has 0 bridgehead atoms. The maximum atomic E-state index is 12.1. The molecule has 0 aliphatic heterocycles. The third-order valence-electron chi connectivity index (χ3n) is 2.51. The first kappa shape index (κ1) is 14.4. The molecule has 1 aromatic heterocycles. The summed E-state index contributed by atoms with van der Waals surface area (Å²) in [5.74, 6) is 0.0254. The maximum Gasteiger partial charge on any atom is 0.297 e. The Morgan fingerprint density at radius 2 is 2.16 bits per heavy atom. The summed E-state index contributed by atoms with van der Waals surface area (Å²) < 4.78 is 7.20. The van der Waals surface area contributed by atoms with Crippen molar-refractivity contribution < 1.29 is 4.74 Å². The quantitative estimate of drug-likeness (QED) is 0.785. The van der Waals surface area contributed by atoms with Crippen molar-refractivity contribution >= 4 is 39.1 Å². The van der Waals surface area contributed by atoms with Crippen LogP contribution in [0.25, 0.3) is 0 Å². The fraction of sp³-hybridized carbons (Fsp3) is 0.167. The molecule has 100 valence electrons. The summed E-state index contributed by atoms with van der Waals surface area (Å²) in [4.78, 5) is 16.0. The number of rotatable bonds is 3. The van der Waals surface area contributed by atoms with E-state index in [1.54, 1.807) is 6.07 Å². The van der Waals surface area contributed by atoms with Crippen molar-refractivity contribution in [1.29, 1.82) is 0 Å². The van der Waals surface area contributed by atoms with Gasteiger partial charge in [0, 0.05) is 9.50 Å². The molecule has 0 spiro atoms. The second kappa shape index (κ2) is 5.94. The molecule has 2 aromatic rings. The van der Waals surface area contributed by atoms with Gasteiger partial charge >= 0.3 is 0 Å². The maximum absolute atomic E-state index is 12.1. The van der Waals surface area contributed by atoms with Crippen LogP contribution in [0, 0.1) is 0 Å². The molecule has 0 radical (unpaired) electrons. The minimum absolute atomic E-state index is 0.0254. The molecule has 0 aliphatic rings. The SMILES string of the molecule is COc1c(Cl)ncn(Cc2ccc(Br)cc2Cl)c1=O. The molecule has 7 heteroatoms. The van der Waals surface area contributed by atoms with Gasteiger partial charge in [0.25, 0.3) is 5.56 Å². The van der Waals surface area contributed by atoms with Crippen molar-refractivity contribution in [3.63, 3.8) is 0 Å². The van der Waals surface area contributed by atoms with Crippen molar-refractivity contribution in [3.05, 3.63) is 55.1 Å². The summed E-state index contributed by atoms with van der Waals surface area (Å²) in [5, 5.41) is 0.612. The average Bonchev–Trinajstić information content (AvgIpc) is 2.36. The minimum atomic E-state index is -0.346. The summed E-state index contributed by atoms with van der Waals surface area (Å²) in [7, 11) is 1.38. The average molecular weight is 364 g/mol. The van der Waals surface area contributed by atoms with Crippen LogP contribution in [0.3, 0.4) is 0 Å². The molecular formula is C12H9BrCl2N2O2. The molecule has 2 rings (SSSR count). The Bertz CT molecular complexity index is 673. The van der Waals surface area contributed by atoms with Crippen molar-refractivity contribution in [1.82, 2.24) is 9.55 Å². The highest BCUT2D eigenvalue weighted by Crippen LogP contribution is 2.22. The predicted molar refractivity (Wildman–Crippen MR) is 78.3 cm³/mol. The lowest BCUT2D eigenvalue weighted by molar-refractivity contribution is 0.401. The Hall–Kier alpha value is -1.04. The van der Waals surface area contributed by atoms with Crippen LogP contribution in [0.15, 0.2) is 33.8 Å². The molecular weight excluding hydrogens is 355 g/mol. The van der Waals surface area contributed by atoms with E-state index < -0.39 is 0 Å². The lowest BCUT2D eigenvalue weighted by Crippen LogP contribution is -2.22. The van der Waals surface area contributed by atoms with Gasteiger partial charge in [-0.1, -0.05) is 45.2 Å². The fourth-order valence-electron chi connectivity index (χ4n) is 1.57. The number of aromatic nitrogens is 2. The van der Waals surface area contributed by atoms with Crippen LogP contribution < -0.4 is 10.3 Å².